The van der Waals surface area contributed by atoms with Crippen molar-refractivity contribution < 1.29 is 9.53 Å². The van der Waals surface area contributed by atoms with Crippen molar-refractivity contribution >= 4 is 27.5 Å². The van der Waals surface area contributed by atoms with Crippen LogP contribution in [0.1, 0.15) is 19.4 Å². The van der Waals surface area contributed by atoms with Gasteiger partial charge in [-0.15, -0.1) is 0 Å². The minimum Gasteiger partial charge on any atom is -0.369 e. The van der Waals surface area contributed by atoms with Crippen LogP contribution >= 0.6 is 15.9 Å². The number of rotatable bonds is 3. The maximum Gasteiger partial charge on any atom is 0.256 e. The van der Waals surface area contributed by atoms with E-state index in [1.54, 1.807) is 13.8 Å². The van der Waals surface area contributed by atoms with Crippen molar-refractivity contribution in [3.63, 3.8) is 0 Å². The van der Waals surface area contributed by atoms with Gasteiger partial charge in [0, 0.05) is 11.6 Å². The van der Waals surface area contributed by atoms with Gasteiger partial charge in [-0.05, 0) is 48.3 Å². The van der Waals surface area contributed by atoms with E-state index in [0.717, 1.165) is 15.7 Å². The molecule has 1 aromatic carbocycles. The van der Waals surface area contributed by atoms with Crippen molar-refractivity contribution in [2.24, 2.45) is 0 Å². The molecule has 0 bridgehead atoms. The van der Waals surface area contributed by atoms with E-state index >= 15 is 0 Å². The number of halogens is 1. The summed E-state index contributed by atoms with van der Waals surface area (Å²) in [6.45, 7) is 5.43. The second-order valence-corrected chi connectivity index (χ2v) is 4.90. The minimum absolute atomic E-state index is 0.165. The Hall–Kier alpha value is -0.870. The molecule has 0 heterocycles. The quantitative estimate of drug-likeness (QED) is 0.927. The summed E-state index contributed by atoms with van der Waals surface area (Å²) in [5.41, 5.74) is 1.01. The second-order valence-electron chi connectivity index (χ2n) is 4.11. The van der Waals surface area contributed by atoms with Gasteiger partial charge in [-0.1, -0.05) is 12.1 Å². The molecular formula is C12H16BrNO2. The molecule has 0 atom stereocenters. The molecule has 0 unspecified atom stereocenters. The van der Waals surface area contributed by atoms with Crippen molar-refractivity contribution in [1.29, 1.82) is 0 Å². The summed E-state index contributed by atoms with van der Waals surface area (Å²) in [6, 6.07) is 5.72. The first-order valence-electron chi connectivity index (χ1n) is 5.00. The highest BCUT2D eigenvalue weighted by Gasteiger charge is 2.27. The molecule has 1 amide bonds. The average molecular weight is 286 g/mol. The summed E-state index contributed by atoms with van der Waals surface area (Å²) in [5, 5.41) is 2.83. The number of hydrogen-bond donors (Lipinski definition) is 1. The molecule has 0 saturated heterocycles. The number of amides is 1. The van der Waals surface area contributed by atoms with Crippen molar-refractivity contribution in [2.75, 3.05) is 12.4 Å². The molecule has 3 nitrogen and oxygen atoms in total. The normalized spacial score (nSPS) is 11.3. The lowest BCUT2D eigenvalue weighted by Crippen LogP contribution is -2.38. The third-order valence-corrected chi connectivity index (χ3v) is 3.55. The molecule has 0 spiro atoms. The lowest BCUT2D eigenvalue weighted by molar-refractivity contribution is -0.133. The molecule has 0 aliphatic rings. The monoisotopic (exact) mass is 285 g/mol. The molecule has 0 saturated carbocycles. The smallest absolute Gasteiger partial charge is 0.256 e. The first-order chi connectivity index (χ1) is 7.38. The Kier molecular flexibility index (Phi) is 4.10. The van der Waals surface area contributed by atoms with Crippen molar-refractivity contribution in [3.05, 3.63) is 28.2 Å². The van der Waals surface area contributed by atoms with Crippen LogP contribution in [0.25, 0.3) is 0 Å². The number of benzene rings is 1. The highest BCUT2D eigenvalue weighted by Crippen LogP contribution is 2.26. The largest absolute Gasteiger partial charge is 0.369 e. The number of methoxy groups -OCH3 is 1. The van der Waals surface area contributed by atoms with Crippen LogP contribution < -0.4 is 5.32 Å². The number of hydrogen-bond acceptors (Lipinski definition) is 2. The van der Waals surface area contributed by atoms with E-state index < -0.39 is 5.60 Å². The summed E-state index contributed by atoms with van der Waals surface area (Å²) in [7, 11) is 1.52. The number of anilines is 1. The molecule has 88 valence electrons. The topological polar surface area (TPSA) is 38.3 Å². The maximum atomic E-state index is 11.9. The predicted octanol–water partition coefficient (Wildman–Crippen LogP) is 3.12. The molecule has 0 aliphatic carbocycles. The Morgan fingerprint density at radius 3 is 2.62 bits per heavy atom. The number of nitrogens with one attached hydrogen (secondary N) is 1. The van der Waals surface area contributed by atoms with E-state index in [-0.39, 0.29) is 5.91 Å². The highest BCUT2D eigenvalue weighted by atomic mass is 79.9. The summed E-state index contributed by atoms with van der Waals surface area (Å²) in [4.78, 5) is 11.9. The van der Waals surface area contributed by atoms with E-state index in [1.165, 1.54) is 7.11 Å². The third-order valence-electron chi connectivity index (χ3n) is 2.50. The Labute approximate surface area is 104 Å². The van der Waals surface area contributed by atoms with Crippen LogP contribution in [0.3, 0.4) is 0 Å². The molecule has 1 N–H and O–H groups in total. The van der Waals surface area contributed by atoms with E-state index in [2.05, 4.69) is 21.2 Å². The van der Waals surface area contributed by atoms with Crippen LogP contribution in [0, 0.1) is 6.92 Å². The molecule has 16 heavy (non-hydrogen) atoms. The summed E-state index contributed by atoms with van der Waals surface area (Å²) in [5.74, 6) is -0.165. The first-order valence-corrected chi connectivity index (χ1v) is 5.79. The van der Waals surface area contributed by atoms with Gasteiger partial charge in [0.2, 0.25) is 0 Å². The van der Waals surface area contributed by atoms with Crippen molar-refractivity contribution in [1.82, 2.24) is 0 Å². The fourth-order valence-corrected chi connectivity index (χ4v) is 1.47. The molecule has 1 rings (SSSR count). The van der Waals surface area contributed by atoms with Gasteiger partial charge in [0.25, 0.3) is 5.91 Å². The SMILES string of the molecule is COC(C)(C)C(=O)Nc1cccc(C)c1Br. The maximum absolute atomic E-state index is 11.9. The van der Waals surface area contributed by atoms with Gasteiger partial charge in [-0.2, -0.15) is 0 Å². The predicted molar refractivity (Wildman–Crippen MR) is 68.6 cm³/mol. The van der Waals surface area contributed by atoms with Gasteiger partial charge in [0.1, 0.15) is 5.60 Å². The Morgan fingerprint density at radius 1 is 1.44 bits per heavy atom. The van der Waals surface area contributed by atoms with Crippen LogP contribution in [0.2, 0.25) is 0 Å². The zero-order chi connectivity index (χ0) is 12.3. The Balaban J connectivity index is 2.90. The van der Waals surface area contributed by atoms with Crippen molar-refractivity contribution in [2.45, 2.75) is 26.4 Å². The van der Waals surface area contributed by atoms with Crippen LogP contribution in [0.15, 0.2) is 22.7 Å². The summed E-state index contributed by atoms with van der Waals surface area (Å²) in [6.07, 6.45) is 0. The lowest BCUT2D eigenvalue weighted by Gasteiger charge is -2.22. The Morgan fingerprint density at radius 2 is 2.06 bits per heavy atom. The van der Waals surface area contributed by atoms with Gasteiger partial charge in [-0.25, -0.2) is 0 Å². The van der Waals surface area contributed by atoms with E-state index in [9.17, 15) is 4.79 Å². The lowest BCUT2D eigenvalue weighted by atomic mass is 10.1. The fourth-order valence-electron chi connectivity index (χ4n) is 1.11. The van der Waals surface area contributed by atoms with Gasteiger partial charge >= 0.3 is 0 Å². The minimum atomic E-state index is -0.830. The third kappa shape index (κ3) is 2.83. The van der Waals surface area contributed by atoms with Gasteiger partial charge < -0.3 is 10.1 Å². The average Bonchev–Trinajstić information content (AvgIpc) is 2.24. The summed E-state index contributed by atoms with van der Waals surface area (Å²) < 4.78 is 6.01. The highest BCUT2D eigenvalue weighted by molar-refractivity contribution is 9.10. The zero-order valence-corrected chi connectivity index (χ0v) is 11.5. The molecule has 4 heteroatoms. The zero-order valence-electron chi connectivity index (χ0n) is 9.93. The van der Waals surface area contributed by atoms with Gasteiger partial charge in [-0.3, -0.25) is 4.79 Å². The first kappa shape index (κ1) is 13.2. The van der Waals surface area contributed by atoms with Gasteiger partial charge in [0.05, 0.1) is 5.69 Å². The number of carbonyl (C=O) groups excluding carboxylic acids is 1. The fraction of sp³-hybridized carbons (Fsp3) is 0.417. The van der Waals surface area contributed by atoms with Crippen LogP contribution in [-0.4, -0.2) is 18.6 Å². The molecule has 1 aromatic rings. The summed E-state index contributed by atoms with van der Waals surface area (Å²) >= 11 is 3.44. The van der Waals surface area contributed by atoms with E-state index in [1.807, 2.05) is 25.1 Å². The second kappa shape index (κ2) is 4.97. The number of ether oxygens (including phenoxy) is 1. The number of aryl methyl sites for hydroxylation is 1. The van der Waals surface area contributed by atoms with Crippen LogP contribution in [0.5, 0.6) is 0 Å². The van der Waals surface area contributed by atoms with E-state index in [4.69, 9.17) is 4.74 Å². The van der Waals surface area contributed by atoms with Crippen molar-refractivity contribution in [3.8, 4) is 0 Å². The Bertz CT molecular complexity index is 402. The molecule has 0 aliphatic heterocycles. The standard InChI is InChI=1S/C12H16BrNO2/c1-8-6-5-7-9(10(8)13)14-11(15)12(2,3)16-4/h5-7H,1-4H3,(H,14,15). The molecule has 0 aromatic heterocycles. The number of carbonyl (C=O) groups is 1. The van der Waals surface area contributed by atoms with E-state index in [0.29, 0.717) is 0 Å². The molecule has 0 fully saturated rings. The van der Waals surface area contributed by atoms with Gasteiger partial charge in [0.15, 0.2) is 0 Å². The molecular weight excluding hydrogens is 270 g/mol. The van der Waals surface area contributed by atoms with Crippen LogP contribution in [0.4, 0.5) is 5.69 Å². The van der Waals surface area contributed by atoms with Crippen LogP contribution in [-0.2, 0) is 9.53 Å². The molecule has 0 radical (unpaired) electrons.